The van der Waals surface area contributed by atoms with Crippen molar-refractivity contribution in [3.8, 4) is 0 Å². The zero-order valence-corrected chi connectivity index (χ0v) is 12.0. The van der Waals surface area contributed by atoms with Gasteiger partial charge in [0.25, 0.3) is 0 Å². The Bertz CT molecular complexity index is 610. The van der Waals surface area contributed by atoms with Crippen LogP contribution in [0.5, 0.6) is 0 Å². The molecule has 0 aliphatic heterocycles. The molecule has 0 bridgehead atoms. The van der Waals surface area contributed by atoms with Crippen LogP contribution in [0.2, 0.25) is 0 Å². The Hall–Kier alpha value is -2.36. The Labute approximate surface area is 124 Å². The highest BCUT2D eigenvalue weighted by Crippen LogP contribution is 2.20. The van der Waals surface area contributed by atoms with Crippen LogP contribution < -0.4 is 11.1 Å². The number of nitrogen functional groups attached to an aromatic ring is 1. The first-order chi connectivity index (χ1) is 10.1. The number of hydrogen-bond acceptors (Lipinski definition) is 2. The standard InChI is InChI=1S/C17H19FN2O/c1-12(13-6-8-15(19)9-7-13)10-17(21)20-11-14-4-2-3-5-16(14)18/h2-9,12H,10-11,19H2,1H3,(H,20,21). The van der Waals surface area contributed by atoms with Gasteiger partial charge >= 0.3 is 0 Å². The number of amides is 1. The minimum Gasteiger partial charge on any atom is -0.399 e. The highest BCUT2D eigenvalue weighted by molar-refractivity contribution is 5.76. The van der Waals surface area contributed by atoms with E-state index >= 15 is 0 Å². The van der Waals surface area contributed by atoms with Crippen LogP contribution in [0.3, 0.4) is 0 Å². The molecule has 0 radical (unpaired) electrons. The van der Waals surface area contributed by atoms with Crippen molar-refractivity contribution in [2.45, 2.75) is 25.8 Å². The molecule has 0 saturated heterocycles. The molecule has 3 N–H and O–H groups in total. The summed E-state index contributed by atoms with van der Waals surface area (Å²) < 4.78 is 13.4. The molecule has 0 saturated carbocycles. The van der Waals surface area contributed by atoms with Gasteiger partial charge in [0.15, 0.2) is 0 Å². The van der Waals surface area contributed by atoms with Crippen molar-refractivity contribution in [3.63, 3.8) is 0 Å². The highest BCUT2D eigenvalue weighted by atomic mass is 19.1. The van der Waals surface area contributed by atoms with Crippen LogP contribution in [-0.4, -0.2) is 5.91 Å². The van der Waals surface area contributed by atoms with E-state index in [9.17, 15) is 9.18 Å². The normalized spacial score (nSPS) is 11.9. The molecule has 1 unspecified atom stereocenters. The van der Waals surface area contributed by atoms with E-state index in [2.05, 4.69) is 5.32 Å². The fourth-order valence-electron chi connectivity index (χ4n) is 2.13. The van der Waals surface area contributed by atoms with Crippen LogP contribution in [0.4, 0.5) is 10.1 Å². The Morgan fingerprint density at radius 3 is 2.52 bits per heavy atom. The molecule has 0 heterocycles. The van der Waals surface area contributed by atoms with Gasteiger partial charge in [-0.1, -0.05) is 37.3 Å². The molecule has 2 aromatic carbocycles. The summed E-state index contributed by atoms with van der Waals surface area (Å²) >= 11 is 0. The maximum Gasteiger partial charge on any atom is 0.220 e. The van der Waals surface area contributed by atoms with E-state index in [1.54, 1.807) is 18.2 Å². The molecule has 0 spiro atoms. The monoisotopic (exact) mass is 286 g/mol. The van der Waals surface area contributed by atoms with E-state index in [1.165, 1.54) is 6.07 Å². The fraction of sp³-hybridized carbons (Fsp3) is 0.235. The van der Waals surface area contributed by atoms with Gasteiger partial charge in [-0.25, -0.2) is 4.39 Å². The average Bonchev–Trinajstić information content (AvgIpc) is 2.47. The number of carbonyl (C=O) groups is 1. The SMILES string of the molecule is CC(CC(=O)NCc1ccccc1F)c1ccc(N)cc1. The fourth-order valence-corrected chi connectivity index (χ4v) is 2.13. The van der Waals surface area contributed by atoms with Gasteiger partial charge in [0.1, 0.15) is 5.82 Å². The number of rotatable bonds is 5. The number of hydrogen-bond donors (Lipinski definition) is 2. The highest BCUT2D eigenvalue weighted by Gasteiger charge is 2.11. The van der Waals surface area contributed by atoms with Crippen LogP contribution in [0, 0.1) is 5.82 Å². The minimum absolute atomic E-state index is 0.0891. The number of carbonyl (C=O) groups excluding carboxylic acids is 1. The maximum atomic E-state index is 13.4. The molecule has 1 amide bonds. The van der Waals surface area contributed by atoms with Crippen LogP contribution >= 0.6 is 0 Å². The van der Waals surface area contributed by atoms with E-state index in [-0.39, 0.29) is 24.2 Å². The molecule has 0 aliphatic rings. The number of nitrogens with one attached hydrogen (secondary N) is 1. The summed E-state index contributed by atoms with van der Waals surface area (Å²) in [6.45, 7) is 2.19. The predicted octanol–water partition coefficient (Wildman–Crippen LogP) is 3.22. The molecule has 21 heavy (non-hydrogen) atoms. The van der Waals surface area contributed by atoms with E-state index in [1.807, 2.05) is 31.2 Å². The zero-order valence-electron chi connectivity index (χ0n) is 12.0. The lowest BCUT2D eigenvalue weighted by molar-refractivity contribution is -0.121. The number of benzene rings is 2. The van der Waals surface area contributed by atoms with E-state index in [0.717, 1.165) is 5.56 Å². The van der Waals surface area contributed by atoms with Gasteiger partial charge < -0.3 is 11.1 Å². The second kappa shape index (κ2) is 6.88. The van der Waals surface area contributed by atoms with E-state index in [4.69, 9.17) is 5.73 Å². The smallest absolute Gasteiger partial charge is 0.220 e. The Kier molecular flexibility index (Phi) is 4.93. The van der Waals surface area contributed by atoms with Gasteiger partial charge in [-0.15, -0.1) is 0 Å². The molecule has 0 aliphatic carbocycles. The van der Waals surface area contributed by atoms with Gasteiger partial charge in [0, 0.05) is 24.2 Å². The van der Waals surface area contributed by atoms with Crippen molar-refractivity contribution in [1.82, 2.24) is 5.32 Å². The average molecular weight is 286 g/mol. The van der Waals surface area contributed by atoms with Crippen LogP contribution in [-0.2, 0) is 11.3 Å². The van der Waals surface area contributed by atoms with Crippen molar-refractivity contribution in [1.29, 1.82) is 0 Å². The van der Waals surface area contributed by atoms with E-state index in [0.29, 0.717) is 17.7 Å². The lowest BCUT2D eigenvalue weighted by Crippen LogP contribution is -2.24. The van der Waals surface area contributed by atoms with Crippen molar-refractivity contribution >= 4 is 11.6 Å². The second-order valence-corrected chi connectivity index (χ2v) is 5.14. The number of nitrogens with two attached hydrogens (primary N) is 1. The summed E-state index contributed by atoms with van der Waals surface area (Å²) in [5.74, 6) is -0.307. The third-order valence-electron chi connectivity index (χ3n) is 3.43. The third kappa shape index (κ3) is 4.31. The first-order valence-corrected chi connectivity index (χ1v) is 6.92. The first-order valence-electron chi connectivity index (χ1n) is 6.92. The van der Waals surface area contributed by atoms with Crippen molar-refractivity contribution in [2.75, 3.05) is 5.73 Å². The van der Waals surface area contributed by atoms with Crippen LogP contribution in [0.1, 0.15) is 30.4 Å². The summed E-state index contributed by atoms with van der Waals surface area (Å²) in [4.78, 5) is 11.9. The molecular formula is C17H19FN2O. The van der Waals surface area contributed by atoms with Gasteiger partial charge in [-0.2, -0.15) is 0 Å². The summed E-state index contributed by atoms with van der Waals surface area (Å²) in [6, 6.07) is 13.9. The minimum atomic E-state index is -0.301. The molecule has 2 aromatic rings. The summed E-state index contributed by atoms with van der Waals surface area (Å²) in [6.07, 6.45) is 0.359. The number of halogens is 1. The Morgan fingerprint density at radius 1 is 1.19 bits per heavy atom. The number of anilines is 1. The largest absolute Gasteiger partial charge is 0.399 e. The van der Waals surface area contributed by atoms with Gasteiger partial charge in [-0.05, 0) is 29.7 Å². The summed E-state index contributed by atoms with van der Waals surface area (Å²) in [5, 5.41) is 2.75. The molecule has 0 aromatic heterocycles. The van der Waals surface area contributed by atoms with Crippen molar-refractivity contribution in [2.24, 2.45) is 0 Å². The second-order valence-electron chi connectivity index (χ2n) is 5.14. The maximum absolute atomic E-state index is 13.4. The topological polar surface area (TPSA) is 55.1 Å². The summed E-state index contributed by atoms with van der Waals surface area (Å²) in [7, 11) is 0. The molecule has 0 fully saturated rings. The van der Waals surface area contributed by atoms with Gasteiger partial charge in [0.2, 0.25) is 5.91 Å². The summed E-state index contributed by atoms with van der Waals surface area (Å²) in [5.41, 5.74) is 7.90. The predicted molar refractivity (Wildman–Crippen MR) is 82.1 cm³/mol. The molecular weight excluding hydrogens is 267 g/mol. The van der Waals surface area contributed by atoms with Gasteiger partial charge in [0.05, 0.1) is 0 Å². The quantitative estimate of drug-likeness (QED) is 0.829. The Balaban J connectivity index is 1.87. The molecule has 110 valence electrons. The van der Waals surface area contributed by atoms with Crippen molar-refractivity contribution < 1.29 is 9.18 Å². The lowest BCUT2D eigenvalue weighted by atomic mass is 9.97. The van der Waals surface area contributed by atoms with Crippen LogP contribution in [0.15, 0.2) is 48.5 Å². The third-order valence-corrected chi connectivity index (χ3v) is 3.43. The van der Waals surface area contributed by atoms with Gasteiger partial charge in [-0.3, -0.25) is 4.79 Å². The van der Waals surface area contributed by atoms with Crippen LogP contribution in [0.25, 0.3) is 0 Å². The molecule has 2 rings (SSSR count). The molecule has 3 nitrogen and oxygen atoms in total. The van der Waals surface area contributed by atoms with Crippen molar-refractivity contribution in [3.05, 3.63) is 65.5 Å². The molecule has 4 heteroatoms. The lowest BCUT2D eigenvalue weighted by Gasteiger charge is -2.12. The first kappa shape index (κ1) is 15.0. The molecule has 1 atom stereocenters. The Morgan fingerprint density at radius 2 is 1.86 bits per heavy atom. The zero-order chi connectivity index (χ0) is 15.2. The van der Waals surface area contributed by atoms with E-state index < -0.39 is 0 Å².